The van der Waals surface area contributed by atoms with E-state index in [-0.39, 0.29) is 0 Å². The van der Waals surface area contributed by atoms with Gasteiger partial charge in [-0.25, -0.2) is 0 Å². The first-order valence-corrected chi connectivity index (χ1v) is 3.91. The summed E-state index contributed by atoms with van der Waals surface area (Å²) in [5, 5.41) is 8.34. The van der Waals surface area contributed by atoms with Crippen molar-refractivity contribution in [3.8, 4) is 6.07 Å². The fourth-order valence-corrected chi connectivity index (χ4v) is 0.699. The molecule has 3 nitrogen and oxygen atoms in total. The van der Waals surface area contributed by atoms with Crippen LogP contribution in [0.2, 0.25) is 0 Å². The Morgan fingerprint density at radius 1 is 1.58 bits per heavy atom. The summed E-state index contributed by atoms with van der Waals surface area (Å²) < 4.78 is 9.71. The van der Waals surface area contributed by atoms with Crippen LogP contribution < -0.4 is 0 Å². The molecule has 0 spiro atoms. The van der Waals surface area contributed by atoms with Crippen molar-refractivity contribution < 1.29 is 9.47 Å². The highest BCUT2D eigenvalue weighted by atomic mass is 16.7. The van der Waals surface area contributed by atoms with Gasteiger partial charge in [-0.2, -0.15) is 5.26 Å². The van der Waals surface area contributed by atoms with Gasteiger partial charge in [0, 0.05) is 13.5 Å². The van der Waals surface area contributed by atoms with Gasteiger partial charge >= 0.3 is 0 Å². The zero-order chi connectivity index (χ0) is 9.23. The van der Waals surface area contributed by atoms with Crippen molar-refractivity contribution in [2.45, 2.75) is 13.3 Å². The van der Waals surface area contributed by atoms with Crippen LogP contribution in [0.3, 0.4) is 0 Å². The number of hydrogen-bond acceptors (Lipinski definition) is 3. The minimum Gasteiger partial charge on any atom is -0.359 e. The molecule has 0 heterocycles. The van der Waals surface area contributed by atoms with Crippen LogP contribution in [0.25, 0.3) is 0 Å². The van der Waals surface area contributed by atoms with Crippen molar-refractivity contribution in [1.82, 2.24) is 0 Å². The molecule has 0 aromatic rings. The highest BCUT2D eigenvalue weighted by Gasteiger charge is 1.92. The topological polar surface area (TPSA) is 42.2 Å². The summed E-state index contributed by atoms with van der Waals surface area (Å²) in [6, 6.07) is 2.10. The van der Waals surface area contributed by atoms with Crippen molar-refractivity contribution in [2.24, 2.45) is 5.92 Å². The molecule has 1 atom stereocenters. The van der Waals surface area contributed by atoms with Crippen molar-refractivity contribution >= 4 is 0 Å². The van der Waals surface area contributed by atoms with Gasteiger partial charge in [-0.15, -0.1) is 0 Å². The maximum absolute atomic E-state index is 8.34. The van der Waals surface area contributed by atoms with Crippen molar-refractivity contribution in [3.63, 3.8) is 0 Å². The summed E-state index contributed by atoms with van der Waals surface area (Å²) in [4.78, 5) is 0. The van der Waals surface area contributed by atoms with Gasteiger partial charge in [0.15, 0.2) is 0 Å². The Labute approximate surface area is 73.6 Å². The quantitative estimate of drug-likeness (QED) is 0.345. The summed E-state index contributed by atoms with van der Waals surface area (Å²) >= 11 is 0. The second-order valence-electron chi connectivity index (χ2n) is 2.54. The molecule has 0 aromatic heterocycles. The zero-order valence-electron chi connectivity index (χ0n) is 7.62. The van der Waals surface area contributed by atoms with E-state index in [2.05, 4.69) is 10.8 Å². The molecule has 68 valence electrons. The van der Waals surface area contributed by atoms with E-state index in [9.17, 15) is 0 Å². The molecule has 0 aliphatic carbocycles. The van der Waals surface area contributed by atoms with Crippen molar-refractivity contribution in [1.29, 1.82) is 5.26 Å². The Hall–Kier alpha value is -0.850. The summed E-state index contributed by atoms with van der Waals surface area (Å²) in [5.41, 5.74) is 0. The number of nitrogens with zero attached hydrogens (tertiary/aromatic N) is 1. The molecular formula is C9H15NO2. The maximum atomic E-state index is 8.34. The second-order valence-corrected chi connectivity index (χ2v) is 2.54. The van der Waals surface area contributed by atoms with Crippen LogP contribution in [0.4, 0.5) is 0 Å². The molecule has 0 aromatic carbocycles. The average Bonchev–Trinajstić information content (AvgIpc) is 2.05. The highest BCUT2D eigenvalue weighted by molar-refractivity contribution is 4.90. The molecule has 0 rings (SSSR count). The molecular weight excluding hydrogens is 154 g/mol. The lowest BCUT2D eigenvalue weighted by atomic mass is 10.1. The normalized spacial score (nSPS) is 13.1. The Morgan fingerprint density at radius 3 is 2.92 bits per heavy atom. The molecule has 0 radical (unpaired) electrons. The van der Waals surface area contributed by atoms with Crippen LogP contribution in [0.15, 0.2) is 12.2 Å². The fraction of sp³-hybridized carbons (Fsp3) is 0.667. The summed E-state index contributed by atoms with van der Waals surface area (Å²) in [5.74, 6) is 0.307. The Morgan fingerprint density at radius 2 is 2.33 bits per heavy atom. The standard InChI is InChI=1S/C9H15NO2/c1-9(5-6-10)4-3-7-12-8-11-2/h3-4,9H,5,7-8H2,1-2H3/b4-3+/t9-/m1/s1. The lowest BCUT2D eigenvalue weighted by Gasteiger charge is -1.99. The summed E-state index contributed by atoms with van der Waals surface area (Å²) in [6.07, 6.45) is 4.43. The van der Waals surface area contributed by atoms with Gasteiger partial charge < -0.3 is 9.47 Å². The second kappa shape index (κ2) is 8.25. The number of nitriles is 1. The molecule has 0 N–H and O–H groups in total. The van der Waals surface area contributed by atoms with E-state index >= 15 is 0 Å². The smallest absolute Gasteiger partial charge is 0.146 e. The number of hydrogen-bond donors (Lipinski definition) is 0. The van der Waals surface area contributed by atoms with Crippen molar-refractivity contribution in [2.75, 3.05) is 20.5 Å². The van der Waals surface area contributed by atoms with Crippen LogP contribution in [0, 0.1) is 17.2 Å². The largest absolute Gasteiger partial charge is 0.359 e. The Balaban J connectivity index is 3.29. The number of allylic oxidation sites excluding steroid dienone is 1. The molecule has 0 saturated heterocycles. The van der Waals surface area contributed by atoms with E-state index in [0.717, 1.165) is 0 Å². The Bertz CT molecular complexity index is 160. The fourth-order valence-electron chi connectivity index (χ4n) is 0.699. The molecule has 0 aliphatic rings. The maximum Gasteiger partial charge on any atom is 0.146 e. The molecule has 0 amide bonds. The van der Waals surface area contributed by atoms with Crippen LogP contribution in [0.1, 0.15) is 13.3 Å². The molecule has 0 unspecified atom stereocenters. The van der Waals surface area contributed by atoms with Gasteiger partial charge in [0.25, 0.3) is 0 Å². The lowest BCUT2D eigenvalue weighted by molar-refractivity contribution is -0.0187. The summed E-state index contributed by atoms with van der Waals surface area (Å²) in [7, 11) is 1.59. The third kappa shape index (κ3) is 7.26. The Kier molecular flexibility index (Phi) is 7.66. The van der Waals surface area contributed by atoms with E-state index in [0.29, 0.717) is 25.7 Å². The molecule has 3 heteroatoms. The average molecular weight is 169 g/mol. The van der Waals surface area contributed by atoms with Gasteiger partial charge in [-0.05, 0) is 5.92 Å². The predicted octanol–water partition coefficient (Wildman–Crippen LogP) is 1.71. The first-order chi connectivity index (χ1) is 5.81. The van der Waals surface area contributed by atoms with Crippen LogP contribution >= 0.6 is 0 Å². The van der Waals surface area contributed by atoms with E-state index < -0.39 is 0 Å². The third-order valence-electron chi connectivity index (χ3n) is 1.29. The first-order valence-electron chi connectivity index (χ1n) is 3.91. The van der Waals surface area contributed by atoms with Crippen LogP contribution in [0.5, 0.6) is 0 Å². The van der Waals surface area contributed by atoms with Gasteiger partial charge in [0.2, 0.25) is 0 Å². The van der Waals surface area contributed by atoms with E-state index in [1.54, 1.807) is 7.11 Å². The highest BCUT2D eigenvalue weighted by Crippen LogP contribution is 2.01. The van der Waals surface area contributed by atoms with Gasteiger partial charge in [0.1, 0.15) is 6.79 Å². The summed E-state index contributed by atoms with van der Waals surface area (Å²) in [6.45, 7) is 2.86. The number of rotatable bonds is 6. The lowest BCUT2D eigenvalue weighted by Crippen LogP contribution is -1.96. The van der Waals surface area contributed by atoms with Crippen molar-refractivity contribution in [3.05, 3.63) is 12.2 Å². The molecule has 0 aliphatic heterocycles. The number of methoxy groups -OCH3 is 1. The molecule has 0 saturated carbocycles. The van der Waals surface area contributed by atoms with E-state index in [4.69, 9.17) is 10.00 Å². The minimum atomic E-state index is 0.307. The third-order valence-corrected chi connectivity index (χ3v) is 1.29. The first kappa shape index (κ1) is 11.2. The van der Waals surface area contributed by atoms with E-state index in [1.807, 2.05) is 19.1 Å². The SMILES string of the molecule is COCOC/C=C/[C@@H](C)CC#N. The monoisotopic (exact) mass is 169 g/mol. The predicted molar refractivity (Wildman–Crippen MR) is 46.4 cm³/mol. The molecule has 12 heavy (non-hydrogen) atoms. The van der Waals surface area contributed by atoms with Crippen LogP contribution in [-0.4, -0.2) is 20.5 Å². The molecule has 0 fully saturated rings. The number of ether oxygens (including phenoxy) is 2. The van der Waals surface area contributed by atoms with Gasteiger partial charge in [-0.3, -0.25) is 0 Å². The van der Waals surface area contributed by atoms with E-state index in [1.165, 1.54) is 0 Å². The zero-order valence-corrected chi connectivity index (χ0v) is 7.62. The molecule has 0 bridgehead atoms. The van der Waals surface area contributed by atoms with Gasteiger partial charge in [-0.1, -0.05) is 19.1 Å². The minimum absolute atomic E-state index is 0.307. The van der Waals surface area contributed by atoms with Crippen LogP contribution in [-0.2, 0) is 9.47 Å². The van der Waals surface area contributed by atoms with Gasteiger partial charge in [0.05, 0.1) is 12.7 Å².